The van der Waals surface area contributed by atoms with Gasteiger partial charge in [0, 0.05) is 18.3 Å². The summed E-state index contributed by atoms with van der Waals surface area (Å²) >= 11 is 5.89. The van der Waals surface area contributed by atoms with Crippen LogP contribution in [0.1, 0.15) is 38.3 Å². The molecule has 1 aromatic carbocycles. The number of pyridine rings is 1. The number of benzene rings is 1. The van der Waals surface area contributed by atoms with E-state index in [9.17, 15) is 0 Å². The zero-order valence-electron chi connectivity index (χ0n) is 12.5. The lowest BCUT2D eigenvalue weighted by atomic mass is 10.0. The number of nitrogens with one attached hydrogen (secondary N) is 1. The van der Waals surface area contributed by atoms with Crippen LogP contribution in [0.25, 0.3) is 0 Å². The first-order chi connectivity index (χ1) is 10.2. The summed E-state index contributed by atoms with van der Waals surface area (Å²) in [5.74, 6) is 1.43. The summed E-state index contributed by atoms with van der Waals surface area (Å²) in [5, 5.41) is 4.11. The monoisotopic (exact) mass is 304 g/mol. The zero-order chi connectivity index (χ0) is 15.1. The lowest BCUT2D eigenvalue weighted by Gasteiger charge is -2.17. The summed E-state index contributed by atoms with van der Waals surface area (Å²) in [6.45, 7) is 5.40. The van der Waals surface area contributed by atoms with E-state index in [0.29, 0.717) is 16.8 Å². The number of ether oxygens (including phenoxy) is 1. The fraction of sp³-hybridized carbons (Fsp3) is 0.353. The number of aromatic nitrogens is 1. The quantitative estimate of drug-likeness (QED) is 0.783. The van der Waals surface area contributed by atoms with Gasteiger partial charge in [-0.15, -0.1) is 0 Å². The van der Waals surface area contributed by atoms with Crippen LogP contribution in [0.4, 0.5) is 0 Å². The molecular formula is C17H21ClN2O. The number of hydrogen-bond acceptors (Lipinski definition) is 3. The first kappa shape index (κ1) is 15.8. The molecule has 21 heavy (non-hydrogen) atoms. The summed E-state index contributed by atoms with van der Waals surface area (Å²) < 4.78 is 5.74. The summed E-state index contributed by atoms with van der Waals surface area (Å²) in [5.41, 5.74) is 1.28. The van der Waals surface area contributed by atoms with Crippen molar-refractivity contribution in [3.63, 3.8) is 0 Å². The van der Waals surface area contributed by atoms with Gasteiger partial charge in [0.25, 0.3) is 0 Å². The second-order valence-corrected chi connectivity index (χ2v) is 5.36. The molecule has 0 spiro atoms. The molecule has 3 nitrogen and oxygen atoms in total. The van der Waals surface area contributed by atoms with Crippen LogP contribution >= 0.6 is 11.6 Å². The fourth-order valence-corrected chi connectivity index (χ4v) is 2.33. The van der Waals surface area contributed by atoms with Crippen LogP contribution in [-0.2, 0) is 0 Å². The van der Waals surface area contributed by atoms with Crippen molar-refractivity contribution >= 4 is 11.6 Å². The molecule has 1 aromatic heterocycles. The molecule has 112 valence electrons. The Morgan fingerprint density at radius 1 is 1.14 bits per heavy atom. The first-order valence-electron chi connectivity index (χ1n) is 7.34. The van der Waals surface area contributed by atoms with E-state index < -0.39 is 0 Å². The molecule has 1 unspecified atom stereocenters. The lowest BCUT2D eigenvalue weighted by Crippen LogP contribution is -2.21. The van der Waals surface area contributed by atoms with Gasteiger partial charge in [-0.3, -0.25) is 4.98 Å². The Kier molecular flexibility index (Phi) is 6.03. The lowest BCUT2D eigenvalue weighted by molar-refractivity contribution is 0.478. The molecule has 1 atom stereocenters. The van der Waals surface area contributed by atoms with Crippen LogP contribution < -0.4 is 10.1 Å². The van der Waals surface area contributed by atoms with Crippen LogP contribution in [-0.4, -0.2) is 11.5 Å². The Morgan fingerprint density at radius 2 is 1.90 bits per heavy atom. The first-order valence-corrected chi connectivity index (χ1v) is 7.72. The largest absolute Gasteiger partial charge is 0.456 e. The van der Waals surface area contributed by atoms with Crippen molar-refractivity contribution in [3.05, 3.63) is 53.3 Å². The van der Waals surface area contributed by atoms with Gasteiger partial charge in [0.2, 0.25) is 0 Å². The molecule has 0 aliphatic rings. The van der Waals surface area contributed by atoms with Gasteiger partial charge < -0.3 is 10.1 Å². The molecule has 0 saturated heterocycles. The molecule has 1 N–H and O–H groups in total. The van der Waals surface area contributed by atoms with Crippen molar-refractivity contribution in [2.75, 3.05) is 6.54 Å². The molecule has 0 aliphatic carbocycles. The average Bonchev–Trinajstić information content (AvgIpc) is 2.49. The number of nitrogens with zero attached hydrogens (tertiary/aromatic N) is 1. The highest BCUT2D eigenvalue weighted by Gasteiger charge is 2.08. The Labute approximate surface area is 131 Å². The van der Waals surface area contributed by atoms with Gasteiger partial charge in [0.05, 0.1) is 11.2 Å². The molecule has 4 heteroatoms. The Bertz CT molecular complexity index is 557. The molecule has 2 rings (SSSR count). The second kappa shape index (κ2) is 8.01. The van der Waals surface area contributed by atoms with Crippen molar-refractivity contribution in [2.24, 2.45) is 0 Å². The van der Waals surface area contributed by atoms with Crippen molar-refractivity contribution in [3.8, 4) is 11.5 Å². The number of halogens is 1. The van der Waals surface area contributed by atoms with E-state index in [0.717, 1.165) is 25.1 Å². The van der Waals surface area contributed by atoms with Crippen LogP contribution in [0.2, 0.25) is 5.02 Å². The van der Waals surface area contributed by atoms with Crippen LogP contribution in [0.5, 0.6) is 11.5 Å². The summed E-state index contributed by atoms with van der Waals surface area (Å²) in [7, 11) is 0. The minimum absolute atomic E-state index is 0.395. The second-order valence-electron chi connectivity index (χ2n) is 4.92. The van der Waals surface area contributed by atoms with E-state index in [1.165, 1.54) is 5.56 Å². The SMILES string of the molecule is CCCNC(CC)c1ccc(Oc2cncc(Cl)c2)cc1. The molecular weight excluding hydrogens is 284 g/mol. The van der Waals surface area contributed by atoms with Crippen molar-refractivity contribution in [1.82, 2.24) is 10.3 Å². The van der Waals surface area contributed by atoms with E-state index in [1.807, 2.05) is 12.1 Å². The van der Waals surface area contributed by atoms with Gasteiger partial charge in [0.1, 0.15) is 11.5 Å². The minimum atomic E-state index is 0.395. The van der Waals surface area contributed by atoms with Gasteiger partial charge in [-0.25, -0.2) is 0 Å². The molecule has 2 aromatic rings. The van der Waals surface area contributed by atoms with Crippen molar-refractivity contribution < 1.29 is 4.74 Å². The topological polar surface area (TPSA) is 34.1 Å². The highest BCUT2D eigenvalue weighted by atomic mass is 35.5. The van der Waals surface area contributed by atoms with E-state index in [4.69, 9.17) is 16.3 Å². The molecule has 0 bridgehead atoms. The zero-order valence-corrected chi connectivity index (χ0v) is 13.2. The van der Waals surface area contributed by atoms with Gasteiger partial charge in [0.15, 0.2) is 0 Å². The number of hydrogen-bond donors (Lipinski definition) is 1. The third-order valence-electron chi connectivity index (χ3n) is 3.25. The van der Waals surface area contributed by atoms with Crippen molar-refractivity contribution in [2.45, 2.75) is 32.7 Å². The average molecular weight is 305 g/mol. The maximum Gasteiger partial charge on any atom is 0.147 e. The summed E-state index contributed by atoms with van der Waals surface area (Å²) in [6.07, 6.45) is 5.44. The maximum absolute atomic E-state index is 5.89. The van der Waals surface area contributed by atoms with Gasteiger partial charge >= 0.3 is 0 Å². The standard InChI is InChI=1S/C17H21ClN2O/c1-3-9-20-17(4-2)13-5-7-15(8-6-13)21-16-10-14(18)11-19-12-16/h5-8,10-12,17,20H,3-4,9H2,1-2H3. The Balaban J connectivity index is 2.04. The predicted octanol–water partition coefficient (Wildman–Crippen LogP) is 4.98. The van der Waals surface area contributed by atoms with Crippen LogP contribution in [0, 0.1) is 0 Å². The van der Waals surface area contributed by atoms with Gasteiger partial charge in [-0.2, -0.15) is 0 Å². The molecule has 0 saturated carbocycles. The summed E-state index contributed by atoms with van der Waals surface area (Å²) in [6, 6.07) is 10.3. The third-order valence-corrected chi connectivity index (χ3v) is 3.45. The smallest absolute Gasteiger partial charge is 0.147 e. The summed E-state index contributed by atoms with van der Waals surface area (Å²) in [4.78, 5) is 4.01. The highest BCUT2D eigenvalue weighted by molar-refractivity contribution is 6.30. The van der Waals surface area contributed by atoms with Gasteiger partial charge in [-0.05, 0) is 37.1 Å². The Hall–Kier alpha value is -1.58. The van der Waals surface area contributed by atoms with E-state index >= 15 is 0 Å². The van der Waals surface area contributed by atoms with Crippen molar-refractivity contribution in [1.29, 1.82) is 0 Å². The van der Waals surface area contributed by atoms with Crippen LogP contribution in [0.3, 0.4) is 0 Å². The molecule has 0 radical (unpaired) electrons. The third kappa shape index (κ3) is 4.73. The maximum atomic E-state index is 5.89. The number of rotatable bonds is 7. The Morgan fingerprint density at radius 3 is 2.52 bits per heavy atom. The normalized spacial score (nSPS) is 12.1. The predicted molar refractivity (Wildman–Crippen MR) is 87.1 cm³/mol. The molecule has 0 aliphatic heterocycles. The van der Waals surface area contributed by atoms with E-state index in [-0.39, 0.29) is 0 Å². The molecule has 0 fully saturated rings. The molecule has 0 amide bonds. The molecule has 1 heterocycles. The highest BCUT2D eigenvalue weighted by Crippen LogP contribution is 2.25. The van der Waals surface area contributed by atoms with E-state index in [2.05, 4.69) is 36.3 Å². The minimum Gasteiger partial charge on any atom is -0.456 e. The van der Waals surface area contributed by atoms with E-state index in [1.54, 1.807) is 18.5 Å². The van der Waals surface area contributed by atoms with Crippen LogP contribution in [0.15, 0.2) is 42.7 Å². The van der Waals surface area contributed by atoms with Gasteiger partial charge in [-0.1, -0.05) is 37.6 Å². The fourth-order valence-electron chi connectivity index (χ4n) is 2.17.